The van der Waals surface area contributed by atoms with Gasteiger partial charge in [-0.2, -0.15) is 0 Å². The van der Waals surface area contributed by atoms with Crippen LogP contribution in [-0.2, 0) is 14.3 Å². The van der Waals surface area contributed by atoms with Gasteiger partial charge >= 0.3 is 5.97 Å². The van der Waals surface area contributed by atoms with Crippen molar-refractivity contribution in [3.8, 4) is 0 Å². The zero-order valence-electron chi connectivity index (χ0n) is 4.79. The first-order valence-electron chi connectivity index (χ1n) is 2.71. The van der Waals surface area contributed by atoms with E-state index in [9.17, 15) is 9.59 Å². The van der Waals surface area contributed by atoms with Gasteiger partial charge in [0.15, 0.2) is 0 Å². The molecule has 0 saturated carbocycles. The molecule has 4 heteroatoms. The van der Waals surface area contributed by atoms with Crippen LogP contribution >= 0.6 is 0 Å². The van der Waals surface area contributed by atoms with Crippen molar-refractivity contribution in [2.45, 2.75) is 12.5 Å². The third-order valence-corrected chi connectivity index (χ3v) is 1.20. The van der Waals surface area contributed by atoms with E-state index in [4.69, 9.17) is 0 Å². The minimum absolute atomic E-state index is 0.331. The van der Waals surface area contributed by atoms with E-state index >= 15 is 0 Å². The summed E-state index contributed by atoms with van der Waals surface area (Å²) < 4.78 is 4.56. The van der Waals surface area contributed by atoms with Crippen molar-refractivity contribution < 1.29 is 14.3 Å². The Bertz CT molecular complexity index is 134. The Morgan fingerprint density at radius 2 is 2.56 bits per heavy atom. The van der Waals surface area contributed by atoms with Gasteiger partial charge in [-0.1, -0.05) is 0 Å². The van der Waals surface area contributed by atoms with Crippen molar-refractivity contribution in [3.63, 3.8) is 0 Å². The summed E-state index contributed by atoms with van der Waals surface area (Å²) in [4.78, 5) is 20.3. The molecule has 1 saturated heterocycles. The van der Waals surface area contributed by atoms with E-state index in [1.54, 1.807) is 0 Å². The fourth-order valence-corrected chi connectivity index (χ4v) is 0.729. The standard InChI is InChI=1S/C5H7NO3/c7-3-6-4-1-2-9-5(4)8/h3-4H,1-2H2,(H,6,7)/t4-/m0/s1. The van der Waals surface area contributed by atoms with Crippen LogP contribution in [0.3, 0.4) is 0 Å². The first kappa shape index (κ1) is 6.07. The predicted molar refractivity (Wildman–Crippen MR) is 28.6 cm³/mol. The Morgan fingerprint density at radius 1 is 1.78 bits per heavy atom. The molecule has 0 aromatic rings. The molecule has 0 spiro atoms. The van der Waals surface area contributed by atoms with E-state index in [-0.39, 0.29) is 5.97 Å². The van der Waals surface area contributed by atoms with Crippen molar-refractivity contribution >= 4 is 12.4 Å². The van der Waals surface area contributed by atoms with E-state index in [1.807, 2.05) is 0 Å². The molecule has 1 heterocycles. The van der Waals surface area contributed by atoms with Gasteiger partial charge in [-0.05, 0) is 0 Å². The van der Waals surface area contributed by atoms with Crippen LogP contribution in [0.25, 0.3) is 0 Å². The lowest BCUT2D eigenvalue weighted by Gasteiger charge is -1.99. The van der Waals surface area contributed by atoms with E-state index in [2.05, 4.69) is 10.1 Å². The number of nitrogens with one attached hydrogen (secondary N) is 1. The predicted octanol–water partition coefficient (Wildman–Crippen LogP) is -0.952. The Balaban J connectivity index is 2.39. The van der Waals surface area contributed by atoms with Crippen molar-refractivity contribution in [1.29, 1.82) is 0 Å². The monoisotopic (exact) mass is 129 g/mol. The number of ether oxygens (including phenoxy) is 1. The van der Waals surface area contributed by atoms with Crippen LogP contribution in [-0.4, -0.2) is 25.0 Å². The number of carbonyl (C=O) groups excluding carboxylic acids is 2. The maximum absolute atomic E-state index is 10.5. The molecule has 1 rings (SSSR count). The zero-order valence-corrected chi connectivity index (χ0v) is 4.79. The highest BCUT2D eigenvalue weighted by Crippen LogP contribution is 2.03. The number of esters is 1. The molecule has 1 aliphatic rings. The molecule has 1 atom stereocenters. The average Bonchev–Trinajstić information content (AvgIpc) is 2.18. The van der Waals surface area contributed by atoms with Crippen LogP contribution in [0.4, 0.5) is 0 Å². The molecule has 0 unspecified atom stereocenters. The van der Waals surface area contributed by atoms with Crippen molar-refractivity contribution in [2.75, 3.05) is 6.61 Å². The third kappa shape index (κ3) is 1.19. The lowest BCUT2D eigenvalue weighted by Crippen LogP contribution is -2.31. The molecule has 4 nitrogen and oxygen atoms in total. The van der Waals surface area contributed by atoms with E-state index in [1.165, 1.54) is 0 Å². The van der Waals surface area contributed by atoms with Crippen LogP contribution < -0.4 is 5.32 Å². The summed E-state index contributed by atoms with van der Waals surface area (Å²) in [5.74, 6) is -0.331. The minimum Gasteiger partial charge on any atom is -0.464 e. The van der Waals surface area contributed by atoms with Crippen molar-refractivity contribution in [2.24, 2.45) is 0 Å². The first-order valence-corrected chi connectivity index (χ1v) is 2.71. The quantitative estimate of drug-likeness (QED) is 0.386. The summed E-state index contributed by atoms with van der Waals surface area (Å²) in [6, 6.07) is -0.400. The smallest absolute Gasteiger partial charge is 0.328 e. The molecule has 0 radical (unpaired) electrons. The summed E-state index contributed by atoms with van der Waals surface area (Å²) in [6.07, 6.45) is 1.11. The number of hydrogen-bond donors (Lipinski definition) is 1. The third-order valence-electron chi connectivity index (χ3n) is 1.20. The van der Waals surface area contributed by atoms with Gasteiger partial charge in [-0.3, -0.25) is 4.79 Å². The summed E-state index contributed by atoms with van der Waals surface area (Å²) in [5.41, 5.74) is 0. The molecule has 0 aromatic carbocycles. The second kappa shape index (κ2) is 2.48. The van der Waals surface area contributed by atoms with E-state index in [0.29, 0.717) is 19.4 Å². The average molecular weight is 129 g/mol. The fraction of sp³-hybridized carbons (Fsp3) is 0.600. The van der Waals surface area contributed by atoms with Gasteiger partial charge in [0.2, 0.25) is 6.41 Å². The second-order valence-corrected chi connectivity index (χ2v) is 1.79. The molecule has 0 bridgehead atoms. The van der Waals surface area contributed by atoms with Crippen molar-refractivity contribution in [1.82, 2.24) is 5.32 Å². The van der Waals surface area contributed by atoms with E-state index in [0.717, 1.165) is 0 Å². The Kier molecular flexibility index (Phi) is 1.67. The first-order chi connectivity index (χ1) is 4.34. The van der Waals surface area contributed by atoms with Gasteiger partial charge in [0.1, 0.15) is 6.04 Å². The number of rotatable bonds is 2. The molecule has 1 amide bonds. The molecule has 0 aliphatic carbocycles. The van der Waals surface area contributed by atoms with Gasteiger partial charge in [-0.15, -0.1) is 0 Å². The zero-order chi connectivity index (χ0) is 6.69. The second-order valence-electron chi connectivity index (χ2n) is 1.79. The van der Waals surface area contributed by atoms with Crippen LogP contribution in [0.15, 0.2) is 0 Å². The van der Waals surface area contributed by atoms with Crippen LogP contribution in [0, 0.1) is 0 Å². The molecular formula is C5H7NO3. The van der Waals surface area contributed by atoms with Gasteiger partial charge in [0.25, 0.3) is 0 Å². The van der Waals surface area contributed by atoms with E-state index < -0.39 is 6.04 Å². The van der Waals surface area contributed by atoms with Crippen LogP contribution in [0.1, 0.15) is 6.42 Å². The SMILES string of the molecule is O=CN[C@H]1CCOC1=O. The lowest BCUT2D eigenvalue weighted by atomic mass is 10.3. The van der Waals surface area contributed by atoms with Gasteiger partial charge in [0, 0.05) is 6.42 Å². The van der Waals surface area contributed by atoms with Gasteiger partial charge in [0.05, 0.1) is 6.61 Å². The minimum atomic E-state index is -0.400. The molecule has 50 valence electrons. The fourth-order valence-electron chi connectivity index (χ4n) is 0.729. The highest BCUT2D eigenvalue weighted by molar-refractivity contribution is 5.79. The molecule has 0 aromatic heterocycles. The Labute approximate surface area is 52.2 Å². The number of carbonyl (C=O) groups is 2. The highest BCUT2D eigenvalue weighted by atomic mass is 16.5. The van der Waals surface area contributed by atoms with Crippen LogP contribution in [0.2, 0.25) is 0 Å². The Hall–Kier alpha value is -1.06. The molecular weight excluding hydrogens is 122 g/mol. The number of amides is 1. The summed E-state index contributed by atoms with van der Waals surface area (Å²) >= 11 is 0. The van der Waals surface area contributed by atoms with Crippen molar-refractivity contribution in [3.05, 3.63) is 0 Å². The highest BCUT2D eigenvalue weighted by Gasteiger charge is 2.24. The molecule has 1 aliphatic heterocycles. The number of cyclic esters (lactones) is 1. The maximum Gasteiger partial charge on any atom is 0.328 e. The lowest BCUT2D eigenvalue weighted by molar-refractivity contribution is -0.140. The number of hydrogen-bond acceptors (Lipinski definition) is 3. The Morgan fingerprint density at radius 3 is 3.00 bits per heavy atom. The van der Waals surface area contributed by atoms with Crippen LogP contribution in [0.5, 0.6) is 0 Å². The van der Waals surface area contributed by atoms with Gasteiger partial charge in [-0.25, -0.2) is 4.79 Å². The normalized spacial score (nSPS) is 25.3. The largest absolute Gasteiger partial charge is 0.464 e. The molecule has 9 heavy (non-hydrogen) atoms. The summed E-state index contributed by atoms with van der Waals surface area (Å²) in [5, 5.41) is 2.34. The molecule has 1 fully saturated rings. The maximum atomic E-state index is 10.5. The molecule has 1 N–H and O–H groups in total. The summed E-state index contributed by atoms with van der Waals surface area (Å²) in [6.45, 7) is 0.421. The summed E-state index contributed by atoms with van der Waals surface area (Å²) in [7, 11) is 0. The van der Waals surface area contributed by atoms with Gasteiger partial charge < -0.3 is 10.1 Å². The topological polar surface area (TPSA) is 55.4 Å².